The molecule has 0 aliphatic carbocycles. The summed E-state index contributed by atoms with van der Waals surface area (Å²) in [7, 11) is 5.15. The first-order chi connectivity index (χ1) is 4.33. The minimum atomic E-state index is 0.945. The second-order valence-corrected chi connectivity index (χ2v) is 2.01. The van der Waals surface area contributed by atoms with Crippen LogP contribution >= 0.6 is 0 Å². The Bertz CT molecular complexity index is 181. The third-order valence-electron chi connectivity index (χ3n) is 1.22. The molecule has 0 unspecified atom stereocenters. The molecule has 1 aromatic rings. The van der Waals surface area contributed by atoms with Gasteiger partial charge in [-0.15, -0.1) is 0 Å². The monoisotopic (exact) mass is 117 g/mol. The molecule has 0 aromatic heterocycles. The predicted octanol–water partition coefficient (Wildman–Crippen LogP) is 1.49. The van der Waals surface area contributed by atoms with Gasteiger partial charge in [0.05, 0.1) is 0 Å². The highest BCUT2D eigenvalue weighted by Gasteiger charge is 1.83. The first-order valence-corrected chi connectivity index (χ1v) is 2.86. The van der Waals surface area contributed by atoms with Crippen LogP contribution in [0.5, 0.6) is 0 Å². The van der Waals surface area contributed by atoms with Crippen molar-refractivity contribution in [2.24, 2.45) is 0 Å². The lowest BCUT2D eigenvalue weighted by Crippen LogP contribution is -1.88. The fraction of sp³-hybridized carbons (Fsp3) is 0.143. The van der Waals surface area contributed by atoms with E-state index in [0.29, 0.717) is 0 Å². The van der Waals surface area contributed by atoms with Crippen molar-refractivity contribution in [3.63, 3.8) is 0 Å². The van der Waals surface area contributed by atoms with Gasteiger partial charge in [-0.3, -0.25) is 0 Å². The molecule has 0 atom stereocenters. The zero-order chi connectivity index (χ0) is 6.69. The molecule has 2 radical (unpaired) electrons. The van der Waals surface area contributed by atoms with Crippen molar-refractivity contribution in [3.05, 3.63) is 29.8 Å². The highest BCUT2D eigenvalue weighted by atomic mass is 14.7. The maximum absolute atomic E-state index is 5.15. The molecule has 1 rings (SSSR count). The maximum atomic E-state index is 5.15. The standard InChI is InChI=1S/C7H8BN/c1-6-2-4-7(9-8)5-3-6/h2-5,9H,1H3. The molecule has 1 aromatic carbocycles. The quantitative estimate of drug-likeness (QED) is 0.549. The summed E-state index contributed by atoms with van der Waals surface area (Å²) >= 11 is 0. The van der Waals surface area contributed by atoms with E-state index in [2.05, 4.69) is 5.23 Å². The Morgan fingerprint density at radius 2 is 1.78 bits per heavy atom. The molecule has 0 fully saturated rings. The summed E-state index contributed by atoms with van der Waals surface area (Å²) in [5.41, 5.74) is 2.19. The van der Waals surface area contributed by atoms with E-state index in [9.17, 15) is 0 Å². The van der Waals surface area contributed by atoms with E-state index in [1.807, 2.05) is 31.2 Å². The summed E-state index contributed by atoms with van der Waals surface area (Å²) in [4.78, 5) is 0. The van der Waals surface area contributed by atoms with Crippen molar-refractivity contribution < 1.29 is 0 Å². The van der Waals surface area contributed by atoms with Crippen LogP contribution in [0.15, 0.2) is 24.3 Å². The Morgan fingerprint density at radius 3 is 2.22 bits per heavy atom. The molecule has 0 aliphatic rings. The van der Waals surface area contributed by atoms with Crippen LogP contribution in [0.2, 0.25) is 0 Å². The average Bonchev–Trinajstić information content (AvgIpc) is 1.90. The van der Waals surface area contributed by atoms with E-state index in [1.165, 1.54) is 5.56 Å². The molecule has 2 heteroatoms. The van der Waals surface area contributed by atoms with E-state index in [4.69, 9.17) is 7.98 Å². The van der Waals surface area contributed by atoms with Crippen molar-refractivity contribution in [3.8, 4) is 0 Å². The van der Waals surface area contributed by atoms with Crippen LogP contribution in [0.1, 0.15) is 5.56 Å². The highest BCUT2D eigenvalue weighted by molar-refractivity contribution is 6.15. The third-order valence-corrected chi connectivity index (χ3v) is 1.22. The zero-order valence-electron chi connectivity index (χ0n) is 5.39. The lowest BCUT2D eigenvalue weighted by molar-refractivity contribution is 1.47. The van der Waals surface area contributed by atoms with E-state index < -0.39 is 0 Å². The van der Waals surface area contributed by atoms with Crippen LogP contribution in [0, 0.1) is 6.92 Å². The molecular formula is C7H8BN. The molecule has 0 saturated heterocycles. The molecule has 9 heavy (non-hydrogen) atoms. The van der Waals surface area contributed by atoms with Crippen molar-refractivity contribution in [1.82, 2.24) is 0 Å². The SMILES string of the molecule is [B]Nc1ccc(C)cc1. The third kappa shape index (κ3) is 1.49. The summed E-state index contributed by atoms with van der Waals surface area (Å²) in [6.45, 7) is 2.04. The summed E-state index contributed by atoms with van der Waals surface area (Å²) in [5, 5.41) is 2.55. The lowest BCUT2D eigenvalue weighted by atomic mass is 10.2. The van der Waals surface area contributed by atoms with Gasteiger partial charge in [-0.25, -0.2) is 0 Å². The van der Waals surface area contributed by atoms with Gasteiger partial charge < -0.3 is 5.23 Å². The maximum Gasteiger partial charge on any atom is 0.222 e. The number of benzene rings is 1. The van der Waals surface area contributed by atoms with Crippen LogP contribution in [-0.2, 0) is 0 Å². The van der Waals surface area contributed by atoms with Gasteiger partial charge in [0.15, 0.2) is 0 Å². The first-order valence-electron chi connectivity index (χ1n) is 2.86. The molecule has 1 N–H and O–H groups in total. The van der Waals surface area contributed by atoms with E-state index in [0.717, 1.165) is 5.69 Å². The summed E-state index contributed by atoms with van der Waals surface area (Å²) < 4.78 is 0. The highest BCUT2D eigenvalue weighted by Crippen LogP contribution is 2.05. The van der Waals surface area contributed by atoms with Crippen LogP contribution < -0.4 is 5.23 Å². The number of rotatable bonds is 1. The van der Waals surface area contributed by atoms with Crippen LogP contribution in [-0.4, -0.2) is 7.98 Å². The van der Waals surface area contributed by atoms with E-state index in [1.54, 1.807) is 0 Å². The topological polar surface area (TPSA) is 12.0 Å². The van der Waals surface area contributed by atoms with Gasteiger partial charge in [0.1, 0.15) is 0 Å². The van der Waals surface area contributed by atoms with E-state index >= 15 is 0 Å². The van der Waals surface area contributed by atoms with Gasteiger partial charge in [0.2, 0.25) is 7.98 Å². The normalized spacial score (nSPS) is 9.00. The Balaban J connectivity index is 2.88. The Hall–Kier alpha value is -0.915. The van der Waals surface area contributed by atoms with Gasteiger partial charge in [0, 0.05) is 5.69 Å². The Kier molecular flexibility index (Phi) is 1.78. The lowest BCUT2D eigenvalue weighted by Gasteiger charge is -1.97. The van der Waals surface area contributed by atoms with Gasteiger partial charge in [-0.2, -0.15) is 0 Å². The van der Waals surface area contributed by atoms with Crippen LogP contribution in [0.3, 0.4) is 0 Å². The Morgan fingerprint density at radius 1 is 1.22 bits per heavy atom. The molecule has 0 bridgehead atoms. The molecule has 0 amide bonds. The molecule has 0 heterocycles. The summed E-state index contributed by atoms with van der Waals surface area (Å²) in [5.74, 6) is 0. The van der Waals surface area contributed by atoms with Crippen LogP contribution in [0.4, 0.5) is 5.69 Å². The van der Waals surface area contributed by atoms with E-state index in [-0.39, 0.29) is 0 Å². The number of hydrogen-bond acceptors (Lipinski definition) is 1. The second-order valence-electron chi connectivity index (χ2n) is 2.01. The van der Waals surface area contributed by atoms with Gasteiger partial charge in [0.25, 0.3) is 0 Å². The summed E-state index contributed by atoms with van der Waals surface area (Å²) in [6, 6.07) is 7.90. The predicted molar refractivity (Wildman–Crippen MR) is 40.6 cm³/mol. The van der Waals surface area contributed by atoms with Crippen molar-refractivity contribution in [2.45, 2.75) is 6.92 Å². The van der Waals surface area contributed by atoms with Crippen molar-refractivity contribution in [2.75, 3.05) is 5.23 Å². The van der Waals surface area contributed by atoms with Gasteiger partial charge in [-0.05, 0) is 19.1 Å². The molecular weight excluding hydrogens is 109 g/mol. The number of hydrogen-bond donors (Lipinski definition) is 1. The molecule has 0 aliphatic heterocycles. The number of aryl methyl sites for hydroxylation is 1. The van der Waals surface area contributed by atoms with Crippen LogP contribution in [0.25, 0.3) is 0 Å². The van der Waals surface area contributed by atoms with Crippen molar-refractivity contribution >= 4 is 13.7 Å². The molecule has 0 spiro atoms. The fourth-order valence-electron chi connectivity index (χ4n) is 0.650. The minimum absolute atomic E-state index is 0.945. The number of anilines is 1. The minimum Gasteiger partial charge on any atom is -0.437 e. The summed E-state index contributed by atoms with van der Waals surface area (Å²) in [6.07, 6.45) is 0. The van der Waals surface area contributed by atoms with Crippen molar-refractivity contribution in [1.29, 1.82) is 0 Å². The second kappa shape index (κ2) is 2.58. The van der Waals surface area contributed by atoms with Gasteiger partial charge >= 0.3 is 0 Å². The average molecular weight is 117 g/mol. The smallest absolute Gasteiger partial charge is 0.222 e. The zero-order valence-corrected chi connectivity index (χ0v) is 5.39. The molecule has 0 saturated carbocycles. The van der Waals surface area contributed by atoms with Gasteiger partial charge in [-0.1, -0.05) is 17.7 Å². The first kappa shape index (κ1) is 6.21. The Labute approximate surface area is 56.5 Å². The number of nitrogens with one attached hydrogen (secondary N) is 1. The molecule has 44 valence electrons. The largest absolute Gasteiger partial charge is 0.437 e. The fourth-order valence-corrected chi connectivity index (χ4v) is 0.650. The molecule has 1 nitrogen and oxygen atoms in total.